The summed E-state index contributed by atoms with van der Waals surface area (Å²) in [6.45, 7) is 0.267. The fourth-order valence-corrected chi connectivity index (χ4v) is 1.68. The number of para-hydroxylation sites is 1. The van der Waals surface area contributed by atoms with Gasteiger partial charge in [0, 0.05) is 12.2 Å². The Morgan fingerprint density at radius 1 is 1.10 bits per heavy atom. The van der Waals surface area contributed by atoms with Crippen molar-refractivity contribution >= 4 is 11.9 Å². The van der Waals surface area contributed by atoms with Crippen LogP contribution in [0.5, 0.6) is 5.75 Å². The van der Waals surface area contributed by atoms with E-state index in [9.17, 15) is 14.7 Å². The minimum Gasteiger partial charge on any atom is -0.508 e. The zero-order valence-corrected chi connectivity index (χ0v) is 11.1. The number of benzene rings is 1. The molecule has 0 aliphatic rings. The first-order chi connectivity index (χ1) is 9.59. The second kappa shape index (κ2) is 8.74. The highest BCUT2D eigenvalue weighted by Crippen LogP contribution is 2.18. The van der Waals surface area contributed by atoms with E-state index in [0.717, 1.165) is 37.0 Å². The third-order valence-corrected chi connectivity index (χ3v) is 2.69. The summed E-state index contributed by atoms with van der Waals surface area (Å²) in [7, 11) is 0. The van der Waals surface area contributed by atoms with Gasteiger partial charge < -0.3 is 14.9 Å². The number of esters is 1. The van der Waals surface area contributed by atoms with Crippen molar-refractivity contribution < 1.29 is 24.5 Å². The van der Waals surface area contributed by atoms with Crippen molar-refractivity contribution in [3.63, 3.8) is 0 Å². The summed E-state index contributed by atoms with van der Waals surface area (Å²) in [5.74, 6) is -1.52. The molecule has 0 atom stereocenters. The van der Waals surface area contributed by atoms with E-state index in [-0.39, 0.29) is 6.61 Å². The van der Waals surface area contributed by atoms with Crippen molar-refractivity contribution in [2.75, 3.05) is 6.61 Å². The number of carbonyl (C=O) groups excluding carboxylic acids is 1. The van der Waals surface area contributed by atoms with Crippen molar-refractivity contribution in [1.29, 1.82) is 0 Å². The van der Waals surface area contributed by atoms with Crippen LogP contribution in [0.15, 0.2) is 36.4 Å². The van der Waals surface area contributed by atoms with Crippen LogP contribution in [0.3, 0.4) is 0 Å². The van der Waals surface area contributed by atoms with Gasteiger partial charge in [-0.2, -0.15) is 0 Å². The van der Waals surface area contributed by atoms with Crippen LogP contribution in [0.4, 0.5) is 0 Å². The zero-order valence-electron chi connectivity index (χ0n) is 11.1. The number of ether oxygens (including phenoxy) is 1. The lowest BCUT2D eigenvalue weighted by atomic mass is 10.1. The summed E-state index contributed by atoms with van der Waals surface area (Å²) >= 11 is 0. The Bertz CT molecular complexity index is 479. The fraction of sp³-hybridized carbons (Fsp3) is 0.333. The molecule has 2 N–H and O–H groups in total. The molecule has 20 heavy (non-hydrogen) atoms. The molecule has 0 amide bonds. The average molecular weight is 278 g/mol. The molecular weight excluding hydrogens is 260 g/mol. The third kappa shape index (κ3) is 6.58. The van der Waals surface area contributed by atoms with Gasteiger partial charge in [0.15, 0.2) is 0 Å². The number of unbranched alkanes of at least 4 members (excludes halogenated alkanes) is 2. The summed E-state index contributed by atoms with van der Waals surface area (Å²) in [6.07, 6.45) is 4.88. The van der Waals surface area contributed by atoms with Crippen molar-refractivity contribution in [1.82, 2.24) is 0 Å². The number of rotatable bonds is 8. The highest BCUT2D eigenvalue weighted by atomic mass is 16.5. The molecule has 0 fully saturated rings. The van der Waals surface area contributed by atoms with Crippen LogP contribution in [-0.4, -0.2) is 28.8 Å². The first-order valence-electron chi connectivity index (χ1n) is 6.44. The first kappa shape index (κ1) is 15.8. The van der Waals surface area contributed by atoms with Gasteiger partial charge in [0.2, 0.25) is 0 Å². The normalized spacial score (nSPS) is 10.6. The number of hydrogen-bond acceptors (Lipinski definition) is 4. The summed E-state index contributed by atoms with van der Waals surface area (Å²) < 4.78 is 4.83. The van der Waals surface area contributed by atoms with Crippen molar-refractivity contribution in [3.8, 4) is 5.75 Å². The van der Waals surface area contributed by atoms with Crippen molar-refractivity contribution in [2.24, 2.45) is 0 Å². The van der Waals surface area contributed by atoms with Crippen LogP contribution in [0.1, 0.15) is 24.8 Å². The topological polar surface area (TPSA) is 83.8 Å². The van der Waals surface area contributed by atoms with E-state index in [1.54, 1.807) is 12.1 Å². The molecule has 0 aromatic heterocycles. The summed E-state index contributed by atoms with van der Waals surface area (Å²) in [5, 5.41) is 17.9. The Morgan fingerprint density at radius 2 is 1.85 bits per heavy atom. The van der Waals surface area contributed by atoms with Gasteiger partial charge in [-0.15, -0.1) is 0 Å². The lowest BCUT2D eigenvalue weighted by Crippen LogP contribution is -2.03. The average Bonchev–Trinajstić information content (AvgIpc) is 2.42. The van der Waals surface area contributed by atoms with E-state index in [2.05, 4.69) is 0 Å². The molecule has 0 saturated carbocycles. The van der Waals surface area contributed by atoms with Gasteiger partial charge >= 0.3 is 11.9 Å². The van der Waals surface area contributed by atoms with Gasteiger partial charge in [-0.25, -0.2) is 9.59 Å². The number of aliphatic carboxylic acids is 1. The molecule has 0 bridgehead atoms. The second-order valence-electron chi connectivity index (χ2n) is 4.28. The molecule has 0 heterocycles. The highest BCUT2D eigenvalue weighted by molar-refractivity contribution is 5.90. The number of carboxylic acid groups (broad SMARTS) is 1. The Hall–Kier alpha value is -2.30. The molecule has 1 rings (SSSR count). The van der Waals surface area contributed by atoms with Gasteiger partial charge in [-0.1, -0.05) is 18.2 Å². The number of hydrogen-bond donors (Lipinski definition) is 2. The minimum absolute atomic E-state index is 0.267. The van der Waals surface area contributed by atoms with E-state index in [1.165, 1.54) is 0 Å². The largest absolute Gasteiger partial charge is 0.508 e. The Balaban J connectivity index is 2.10. The van der Waals surface area contributed by atoms with E-state index in [4.69, 9.17) is 9.84 Å². The molecule has 0 aliphatic heterocycles. The van der Waals surface area contributed by atoms with Crippen LogP contribution >= 0.6 is 0 Å². The first-order valence-corrected chi connectivity index (χ1v) is 6.44. The fourth-order valence-electron chi connectivity index (χ4n) is 1.68. The van der Waals surface area contributed by atoms with Crippen molar-refractivity contribution in [2.45, 2.75) is 25.7 Å². The number of phenolic OH excluding ortho intramolecular Hbond substituents is 1. The predicted octanol–water partition coefficient (Wildman–Crippen LogP) is 2.29. The lowest BCUT2D eigenvalue weighted by molar-refractivity contribution is -0.138. The number of phenols is 1. The molecule has 1 aromatic rings. The summed E-state index contributed by atoms with van der Waals surface area (Å²) in [4.78, 5) is 21.2. The van der Waals surface area contributed by atoms with E-state index >= 15 is 0 Å². The second-order valence-corrected chi connectivity index (χ2v) is 4.28. The van der Waals surface area contributed by atoms with E-state index < -0.39 is 11.9 Å². The van der Waals surface area contributed by atoms with Crippen LogP contribution in [0, 0.1) is 0 Å². The van der Waals surface area contributed by atoms with Crippen LogP contribution in [-0.2, 0) is 20.7 Å². The number of carboxylic acids is 1. The maximum absolute atomic E-state index is 11.0. The van der Waals surface area contributed by atoms with Gasteiger partial charge in [0.05, 0.1) is 6.61 Å². The standard InChI is InChI=1S/C15H18O5/c16-13-8-4-3-7-12(13)6-2-1-5-11-20-15(19)10-9-14(17)18/h3-4,7-10,16H,1-2,5-6,11H2,(H,17,18)/b10-9+. The minimum atomic E-state index is -1.18. The summed E-state index contributed by atoms with van der Waals surface area (Å²) in [5.41, 5.74) is 0.911. The van der Waals surface area contributed by atoms with Crippen LogP contribution in [0.2, 0.25) is 0 Å². The molecule has 0 radical (unpaired) electrons. The van der Waals surface area contributed by atoms with Gasteiger partial charge in [-0.05, 0) is 37.3 Å². The Kier molecular flexibility index (Phi) is 6.89. The molecule has 5 heteroatoms. The van der Waals surface area contributed by atoms with Gasteiger partial charge in [-0.3, -0.25) is 0 Å². The van der Waals surface area contributed by atoms with Gasteiger partial charge in [0.25, 0.3) is 0 Å². The van der Waals surface area contributed by atoms with Crippen LogP contribution in [0.25, 0.3) is 0 Å². The predicted molar refractivity (Wildman–Crippen MR) is 73.4 cm³/mol. The zero-order chi connectivity index (χ0) is 14.8. The molecule has 0 saturated heterocycles. The molecule has 5 nitrogen and oxygen atoms in total. The molecule has 1 aromatic carbocycles. The van der Waals surface area contributed by atoms with E-state index in [1.807, 2.05) is 12.1 Å². The smallest absolute Gasteiger partial charge is 0.331 e. The Labute approximate surface area is 117 Å². The molecule has 0 spiro atoms. The maximum Gasteiger partial charge on any atom is 0.331 e. The number of carbonyl (C=O) groups is 2. The maximum atomic E-state index is 11.0. The lowest BCUT2D eigenvalue weighted by Gasteiger charge is -2.04. The molecule has 108 valence electrons. The SMILES string of the molecule is O=C(O)/C=C/C(=O)OCCCCCc1ccccc1O. The summed E-state index contributed by atoms with van der Waals surface area (Å²) in [6, 6.07) is 7.20. The monoisotopic (exact) mass is 278 g/mol. The van der Waals surface area contributed by atoms with Gasteiger partial charge in [0.1, 0.15) is 5.75 Å². The molecule has 0 aliphatic carbocycles. The third-order valence-electron chi connectivity index (χ3n) is 2.69. The van der Waals surface area contributed by atoms with E-state index in [0.29, 0.717) is 12.2 Å². The molecule has 0 unspecified atom stereocenters. The molecular formula is C15H18O5. The number of aryl methyl sites for hydroxylation is 1. The van der Waals surface area contributed by atoms with Crippen LogP contribution < -0.4 is 0 Å². The number of aromatic hydroxyl groups is 1. The van der Waals surface area contributed by atoms with Crippen molar-refractivity contribution in [3.05, 3.63) is 42.0 Å². The highest BCUT2D eigenvalue weighted by Gasteiger charge is 2.01. The Morgan fingerprint density at radius 3 is 2.55 bits per heavy atom. The quantitative estimate of drug-likeness (QED) is 0.433.